The van der Waals surface area contributed by atoms with Crippen molar-refractivity contribution in [3.8, 4) is 0 Å². The smallest absolute Gasteiger partial charge is 0.0620 e. The first-order valence-corrected chi connectivity index (χ1v) is 30.5. The van der Waals surface area contributed by atoms with E-state index >= 15 is 0 Å². The molecular formula is C40H58Cl3O4P2Re2+2. The summed E-state index contributed by atoms with van der Waals surface area (Å²) in [6.45, 7) is 1.28. The van der Waals surface area contributed by atoms with E-state index in [2.05, 4.69) is 121 Å². The van der Waals surface area contributed by atoms with E-state index in [0.717, 1.165) is 25.5 Å². The Morgan fingerprint density at radius 2 is 0.667 bits per heavy atom. The van der Waals surface area contributed by atoms with Gasteiger partial charge in [0.05, 0.1) is 48.4 Å². The molecule has 0 amide bonds. The first-order chi connectivity index (χ1) is 25.0. The zero-order chi connectivity index (χ0) is 38.1. The predicted octanol–water partition coefficient (Wildman–Crippen LogP) is 8.97. The first kappa shape index (κ1) is 50.8. The molecule has 2 saturated carbocycles. The Kier molecular flexibility index (Phi) is 35.3. The van der Waals surface area contributed by atoms with E-state index in [1.807, 2.05) is 0 Å². The molecule has 0 heterocycles. The second kappa shape index (κ2) is 35.5. The van der Waals surface area contributed by atoms with Crippen LogP contribution in [0.1, 0.15) is 71.1 Å². The monoisotopic (exact) mass is 1140 g/mol. The predicted molar refractivity (Wildman–Crippen MR) is 222 cm³/mol. The molecule has 0 bridgehead atoms. The Balaban J connectivity index is 0.000000740. The second-order valence-electron chi connectivity index (χ2n) is 11.6. The Morgan fingerprint density at radius 3 is 0.843 bits per heavy atom. The number of aliphatic hydroxyl groups is 4. The molecule has 2 fully saturated rings. The van der Waals surface area contributed by atoms with Crippen LogP contribution < -0.4 is 21.2 Å². The summed E-state index contributed by atoms with van der Waals surface area (Å²) in [7, 11) is 15.3. The molecule has 0 aromatic heterocycles. The van der Waals surface area contributed by atoms with Gasteiger partial charge in [-0.25, -0.2) is 0 Å². The number of benzene rings is 4. The van der Waals surface area contributed by atoms with Crippen LogP contribution in [-0.2, 0) is 34.1 Å². The average molecular weight is 1140 g/mol. The Bertz CT molecular complexity index is 1100. The van der Waals surface area contributed by atoms with E-state index in [-0.39, 0.29) is 0 Å². The number of rotatable bonds is 6. The molecule has 6 rings (SSSR count). The molecule has 0 atom stereocenters. The molecule has 0 aliphatic heterocycles. The summed E-state index contributed by atoms with van der Waals surface area (Å²) in [4.78, 5) is 0. The summed E-state index contributed by atoms with van der Waals surface area (Å²) in [6.07, 6.45) is 13.1. The van der Waals surface area contributed by atoms with E-state index in [9.17, 15) is 0 Å². The fourth-order valence-electron chi connectivity index (χ4n) is 6.53. The van der Waals surface area contributed by atoms with Gasteiger partial charge in [-0.1, -0.05) is 85.6 Å². The minimum atomic E-state index is -1.17. The molecule has 0 saturated heterocycles. The molecule has 0 spiro atoms. The van der Waals surface area contributed by atoms with Crippen molar-refractivity contribution in [2.75, 3.05) is 14.2 Å². The van der Waals surface area contributed by atoms with Gasteiger partial charge < -0.3 is 20.4 Å². The molecule has 2 aliphatic carbocycles. The topological polar surface area (TPSA) is 80.9 Å². The van der Waals surface area contributed by atoms with Crippen LogP contribution in [0.4, 0.5) is 0 Å². The van der Waals surface area contributed by atoms with Crippen LogP contribution in [-0.4, -0.2) is 52.3 Å². The minimum Gasteiger partial charge on any atom is -0.0620 e. The van der Waals surface area contributed by atoms with E-state index in [4.69, 9.17) is 49.0 Å². The van der Waals surface area contributed by atoms with Gasteiger partial charge in [0.1, 0.15) is 6.29 Å². The number of halogens is 3. The maximum absolute atomic E-state index is 7.61. The van der Waals surface area contributed by atoms with Crippen molar-refractivity contribution in [1.82, 2.24) is 0 Å². The van der Waals surface area contributed by atoms with Gasteiger partial charge in [0, 0.05) is 14.2 Å². The summed E-state index contributed by atoms with van der Waals surface area (Å²) < 4.78 is 0. The van der Waals surface area contributed by atoms with Crippen molar-refractivity contribution < 1.29 is 54.5 Å². The Labute approximate surface area is 341 Å². The summed E-state index contributed by atoms with van der Waals surface area (Å²) in [5, 5.41) is 35.6. The van der Waals surface area contributed by atoms with Crippen LogP contribution in [0.5, 0.6) is 0 Å². The van der Waals surface area contributed by atoms with Gasteiger partial charge >= 0.3 is 62.7 Å². The van der Waals surface area contributed by atoms with Crippen molar-refractivity contribution in [2.45, 2.75) is 88.7 Å². The van der Waals surface area contributed by atoms with E-state index < -0.39 is 38.1 Å². The standard InChI is InChI=1S/2C18H21P.C2H6O2.2CH4O.3ClH.2Re/c2*1-4-10-16(11-5-1)19(17-12-6-2-7-13-17)18-14-8-3-9-15-18;1-2(3)4;2*1-2;;;;;/h2*1-2,4-7,10-13,18H,3,8-9,14-15H2;2-4H,1H3;2*2H,1H3;3*1H;;/q;;;;;;;;+1;+2/p-1. The van der Waals surface area contributed by atoms with Crippen molar-refractivity contribution >= 4 is 65.6 Å². The molecule has 11 heteroatoms. The van der Waals surface area contributed by atoms with E-state index in [1.54, 1.807) is 21.2 Å². The van der Waals surface area contributed by atoms with Crippen molar-refractivity contribution in [1.29, 1.82) is 0 Å². The van der Waals surface area contributed by atoms with Crippen LogP contribution in [0, 0.1) is 0 Å². The number of aliphatic hydroxyl groups excluding tert-OH is 3. The fourth-order valence-corrected chi connectivity index (χ4v) is 13.3. The number of hydrogen-bond donors (Lipinski definition) is 4. The van der Waals surface area contributed by atoms with Gasteiger partial charge in [-0.3, -0.25) is 0 Å². The third-order valence-corrected chi connectivity index (χ3v) is 15.0. The van der Waals surface area contributed by atoms with Gasteiger partial charge in [0.25, 0.3) is 0 Å². The zero-order valence-corrected chi connectivity index (χ0v) is 39.7. The van der Waals surface area contributed by atoms with Crippen LogP contribution >= 0.6 is 44.4 Å². The summed E-state index contributed by atoms with van der Waals surface area (Å²) >= 11 is 0.472. The van der Waals surface area contributed by atoms with Crippen LogP contribution in [0.3, 0.4) is 0 Å². The fraction of sp³-hybridized carbons (Fsp3) is 0.400. The number of hydrogen-bond acceptors (Lipinski definition) is 4. The van der Waals surface area contributed by atoms with E-state index in [1.165, 1.54) is 89.3 Å². The zero-order valence-electron chi connectivity index (χ0n) is 30.0. The van der Waals surface area contributed by atoms with Crippen LogP contribution in [0.25, 0.3) is 0 Å². The minimum absolute atomic E-state index is 0.600. The Morgan fingerprint density at radius 1 is 0.490 bits per heavy atom. The average Bonchev–Trinajstić information content (AvgIpc) is 3.20. The van der Waals surface area contributed by atoms with E-state index in [0.29, 0.717) is 0 Å². The molecule has 0 unspecified atom stereocenters. The van der Waals surface area contributed by atoms with Crippen LogP contribution in [0.15, 0.2) is 121 Å². The molecule has 4 aromatic rings. The molecule has 4 nitrogen and oxygen atoms in total. The molecule has 51 heavy (non-hydrogen) atoms. The summed E-state index contributed by atoms with van der Waals surface area (Å²) in [5.74, 6) is 0. The SMILES string of the molecule is CC(O)O.CO.CO.[Cl][Re].[Cl][Re][Cl].c1ccc([PH+](c2ccccc2)C2CCCCC2)cc1.c1ccc([PH+](c2ccccc2)C2CCCCC2)cc1. The largest absolute Gasteiger partial charge is 0.0969 e. The van der Waals surface area contributed by atoms with Crippen molar-refractivity contribution in [3.63, 3.8) is 0 Å². The van der Waals surface area contributed by atoms with Crippen molar-refractivity contribution in [3.05, 3.63) is 121 Å². The normalized spacial score (nSPS) is 13.8. The van der Waals surface area contributed by atoms with Gasteiger partial charge in [0.15, 0.2) is 0 Å². The second-order valence-corrected chi connectivity index (χ2v) is 21.2. The molecule has 4 N–H and O–H groups in total. The first-order valence-electron chi connectivity index (χ1n) is 17.3. The molecular weight excluding hydrogens is 1090 g/mol. The summed E-state index contributed by atoms with van der Waals surface area (Å²) in [5.41, 5.74) is 1.84. The molecule has 0 radical (unpaired) electrons. The van der Waals surface area contributed by atoms with Gasteiger partial charge in [-0.05, 0) is 107 Å². The van der Waals surface area contributed by atoms with Gasteiger partial charge in [-0.2, -0.15) is 0 Å². The van der Waals surface area contributed by atoms with Crippen molar-refractivity contribution in [2.24, 2.45) is 0 Å². The maximum Gasteiger partial charge on any atom is 0.0969 e. The Hall–Kier alpha value is -0.225. The van der Waals surface area contributed by atoms with Gasteiger partial charge in [-0.15, -0.1) is 0 Å². The third kappa shape index (κ3) is 22.1. The molecule has 4 aromatic carbocycles. The third-order valence-electron chi connectivity index (χ3n) is 8.37. The quantitative estimate of drug-likeness (QED) is 0.115. The molecule has 2 aliphatic rings. The summed E-state index contributed by atoms with van der Waals surface area (Å²) in [6, 6.07) is 44.9. The van der Waals surface area contributed by atoms with Gasteiger partial charge in [0.2, 0.25) is 0 Å². The van der Waals surface area contributed by atoms with Crippen LogP contribution in [0.2, 0.25) is 0 Å². The molecule has 285 valence electrons. The maximum atomic E-state index is 7.61.